The van der Waals surface area contributed by atoms with Gasteiger partial charge in [0, 0.05) is 8.80 Å². The van der Waals surface area contributed by atoms with Gasteiger partial charge in [-0.05, 0) is 67.6 Å². The first kappa shape index (κ1) is 19.0. The topological polar surface area (TPSA) is 0 Å². The molecule has 1 heterocycles. The number of hydrogen-bond acceptors (Lipinski definition) is 0. The second-order valence-electron chi connectivity index (χ2n) is 8.02. The zero-order chi connectivity index (χ0) is 17.6. The highest BCUT2D eigenvalue weighted by Gasteiger charge is 2.31. The predicted octanol–water partition coefficient (Wildman–Crippen LogP) is 6.89. The van der Waals surface area contributed by atoms with Crippen LogP contribution in [0, 0.1) is 23.5 Å². The van der Waals surface area contributed by atoms with Crippen LogP contribution in [0.2, 0.25) is 18.1 Å². The molecule has 4 heteroatoms. The van der Waals surface area contributed by atoms with E-state index in [9.17, 15) is 13.2 Å². The van der Waals surface area contributed by atoms with Gasteiger partial charge in [0.2, 0.25) is 0 Å². The van der Waals surface area contributed by atoms with E-state index >= 15 is 0 Å². The van der Waals surface area contributed by atoms with Crippen LogP contribution in [0.4, 0.5) is 13.2 Å². The van der Waals surface area contributed by atoms with Crippen LogP contribution >= 0.6 is 0 Å². The second kappa shape index (κ2) is 9.25. The van der Waals surface area contributed by atoms with Gasteiger partial charge < -0.3 is 0 Å². The van der Waals surface area contributed by atoms with E-state index in [1.165, 1.54) is 55.9 Å². The molecule has 3 rings (SSSR count). The van der Waals surface area contributed by atoms with Crippen molar-refractivity contribution < 1.29 is 13.2 Å². The molecule has 139 valence electrons. The first-order valence-electron chi connectivity index (χ1n) is 10.0. The van der Waals surface area contributed by atoms with E-state index in [0.717, 1.165) is 43.1 Å². The van der Waals surface area contributed by atoms with Crippen LogP contribution in [-0.4, -0.2) is 15.5 Å². The maximum atomic E-state index is 13.5. The second-order valence-corrected chi connectivity index (χ2v) is 11.0. The van der Waals surface area contributed by atoms with Crippen molar-refractivity contribution in [2.45, 2.75) is 75.4 Å². The zero-order valence-electron chi connectivity index (χ0n) is 15.1. The number of benzene rings is 1. The molecule has 0 N–H and O–H groups in total. The average molecular weight is 368 g/mol. The van der Waals surface area contributed by atoms with Crippen LogP contribution < -0.4 is 0 Å². The van der Waals surface area contributed by atoms with E-state index in [2.05, 4.69) is 0 Å². The Morgan fingerprint density at radius 2 is 1.52 bits per heavy atom. The maximum absolute atomic E-state index is 13.5. The largest absolute Gasteiger partial charge is 0.251 e. The molecule has 0 spiro atoms. The minimum atomic E-state index is -0.747. The number of alkyl halides is 1. The summed E-state index contributed by atoms with van der Waals surface area (Å²) in [6.45, 7) is -0.154. The first-order chi connectivity index (χ1) is 12.2. The molecule has 1 saturated carbocycles. The van der Waals surface area contributed by atoms with E-state index in [1.54, 1.807) is 6.07 Å². The fourth-order valence-corrected chi connectivity index (χ4v) is 7.99. The summed E-state index contributed by atoms with van der Waals surface area (Å²) in [4.78, 5) is 0. The Bertz CT molecular complexity index is 532. The summed E-state index contributed by atoms with van der Waals surface area (Å²) >= 11 is 0. The van der Waals surface area contributed by atoms with Crippen LogP contribution in [0.1, 0.15) is 62.8 Å². The van der Waals surface area contributed by atoms with Crippen LogP contribution in [0.5, 0.6) is 0 Å². The highest BCUT2D eigenvalue weighted by atomic mass is 28.3. The van der Waals surface area contributed by atoms with Gasteiger partial charge in [0.05, 0.1) is 6.67 Å². The SMILES string of the molecule is FCCCC[Si]1CCC(C2CCC(c3ccc(F)c(F)c3)CC2)CC1. The van der Waals surface area contributed by atoms with Crippen molar-refractivity contribution in [2.75, 3.05) is 6.67 Å². The number of hydrogen-bond donors (Lipinski definition) is 0. The Morgan fingerprint density at radius 3 is 2.16 bits per heavy atom. The van der Waals surface area contributed by atoms with Gasteiger partial charge in [-0.2, -0.15) is 0 Å². The lowest BCUT2D eigenvalue weighted by Gasteiger charge is -2.37. The summed E-state index contributed by atoms with van der Waals surface area (Å²) in [5.41, 5.74) is 0.972. The summed E-state index contributed by atoms with van der Waals surface area (Å²) in [7, 11) is -0.197. The maximum Gasteiger partial charge on any atom is 0.159 e. The molecule has 0 atom stereocenters. The van der Waals surface area contributed by atoms with Crippen molar-refractivity contribution in [3.63, 3.8) is 0 Å². The van der Waals surface area contributed by atoms with E-state index < -0.39 is 11.6 Å². The molecule has 1 radical (unpaired) electrons. The standard InChI is InChI=1S/C21H30F3Si/c22-11-1-2-12-25-13-9-18(10-14-25)16-3-5-17(6-4-16)19-7-8-20(23)21(24)15-19/h7-8,15-18H,1-6,9-14H2. The van der Waals surface area contributed by atoms with Crippen molar-refractivity contribution in [3.8, 4) is 0 Å². The average Bonchev–Trinajstić information content (AvgIpc) is 2.65. The Balaban J connectivity index is 1.43. The summed E-state index contributed by atoms with van der Waals surface area (Å²) in [6.07, 6.45) is 9.30. The van der Waals surface area contributed by atoms with E-state index in [-0.39, 0.29) is 15.5 Å². The molecule has 1 aromatic rings. The van der Waals surface area contributed by atoms with Gasteiger partial charge >= 0.3 is 0 Å². The minimum absolute atomic E-state index is 0.154. The van der Waals surface area contributed by atoms with Gasteiger partial charge in [0.1, 0.15) is 0 Å². The fraction of sp³-hybridized carbons (Fsp3) is 0.714. The van der Waals surface area contributed by atoms with Crippen molar-refractivity contribution in [1.82, 2.24) is 0 Å². The lowest BCUT2D eigenvalue weighted by Crippen LogP contribution is -2.28. The Hall–Kier alpha value is -0.773. The highest BCUT2D eigenvalue weighted by Crippen LogP contribution is 2.43. The molecule has 2 aliphatic rings. The third kappa shape index (κ3) is 5.12. The summed E-state index contributed by atoms with van der Waals surface area (Å²) < 4.78 is 38.8. The molecule has 0 unspecified atom stereocenters. The lowest BCUT2D eigenvalue weighted by atomic mass is 9.72. The van der Waals surface area contributed by atoms with Gasteiger partial charge in [0.25, 0.3) is 0 Å². The normalized spacial score (nSPS) is 26.0. The molecule has 25 heavy (non-hydrogen) atoms. The van der Waals surface area contributed by atoms with Crippen LogP contribution in [0.25, 0.3) is 0 Å². The Morgan fingerprint density at radius 1 is 0.840 bits per heavy atom. The molecule has 0 amide bonds. The summed E-state index contributed by atoms with van der Waals surface area (Å²) in [6, 6.07) is 8.58. The Kier molecular flexibility index (Phi) is 7.03. The Labute approximate surface area is 151 Å². The third-order valence-electron chi connectivity index (χ3n) is 6.50. The third-order valence-corrected chi connectivity index (χ3v) is 9.56. The highest BCUT2D eigenvalue weighted by molar-refractivity contribution is 6.58. The lowest BCUT2D eigenvalue weighted by molar-refractivity contribution is 0.216. The van der Waals surface area contributed by atoms with Gasteiger partial charge in [-0.3, -0.25) is 4.39 Å². The van der Waals surface area contributed by atoms with Crippen molar-refractivity contribution in [1.29, 1.82) is 0 Å². The predicted molar refractivity (Wildman–Crippen MR) is 99.2 cm³/mol. The molecule has 0 bridgehead atoms. The van der Waals surface area contributed by atoms with Crippen LogP contribution in [0.3, 0.4) is 0 Å². The first-order valence-corrected chi connectivity index (χ1v) is 12.1. The number of rotatable bonds is 6. The van der Waals surface area contributed by atoms with E-state index in [1.807, 2.05) is 0 Å². The van der Waals surface area contributed by atoms with Gasteiger partial charge in [-0.15, -0.1) is 0 Å². The molecule has 1 aliphatic heterocycles. The number of halogens is 3. The van der Waals surface area contributed by atoms with Gasteiger partial charge in [-0.1, -0.05) is 43.5 Å². The quantitative estimate of drug-likeness (QED) is 0.379. The van der Waals surface area contributed by atoms with Crippen LogP contribution in [-0.2, 0) is 0 Å². The molecule has 1 aliphatic carbocycles. The molecule has 0 nitrogen and oxygen atoms in total. The molecule has 1 aromatic carbocycles. The van der Waals surface area contributed by atoms with Crippen LogP contribution in [0.15, 0.2) is 18.2 Å². The molecule has 2 fully saturated rings. The van der Waals surface area contributed by atoms with E-state index in [4.69, 9.17) is 0 Å². The van der Waals surface area contributed by atoms with Gasteiger partial charge in [0.15, 0.2) is 11.6 Å². The molecule has 0 aromatic heterocycles. The summed E-state index contributed by atoms with van der Waals surface area (Å²) in [5, 5.41) is 0. The van der Waals surface area contributed by atoms with E-state index in [0.29, 0.717) is 5.92 Å². The zero-order valence-corrected chi connectivity index (χ0v) is 16.1. The monoisotopic (exact) mass is 367 g/mol. The fourth-order valence-electron chi connectivity index (χ4n) is 4.93. The smallest absolute Gasteiger partial charge is 0.159 e. The molecular weight excluding hydrogens is 337 g/mol. The molecule has 1 saturated heterocycles. The van der Waals surface area contributed by atoms with Crippen molar-refractivity contribution in [2.24, 2.45) is 11.8 Å². The van der Waals surface area contributed by atoms with Crippen molar-refractivity contribution in [3.05, 3.63) is 35.4 Å². The minimum Gasteiger partial charge on any atom is -0.251 e. The van der Waals surface area contributed by atoms with Gasteiger partial charge in [-0.25, -0.2) is 8.78 Å². The molecular formula is C21H30F3Si. The van der Waals surface area contributed by atoms with Crippen molar-refractivity contribution >= 4 is 8.80 Å². The summed E-state index contributed by atoms with van der Waals surface area (Å²) in [5.74, 6) is 0.644. The number of unbranched alkanes of at least 4 members (excludes halogenated alkanes) is 1.